The van der Waals surface area contributed by atoms with Gasteiger partial charge in [-0.2, -0.15) is 0 Å². The van der Waals surface area contributed by atoms with Crippen LogP contribution in [0.5, 0.6) is 11.5 Å². The summed E-state index contributed by atoms with van der Waals surface area (Å²) in [6, 6.07) is 12.9. The van der Waals surface area contributed by atoms with Gasteiger partial charge in [0.15, 0.2) is 0 Å². The molecule has 3 nitrogen and oxygen atoms in total. The third kappa shape index (κ3) is 3.08. The van der Waals surface area contributed by atoms with Gasteiger partial charge in [-0.1, -0.05) is 23.7 Å². The average Bonchev–Trinajstić information content (AvgIpc) is 2.38. The van der Waals surface area contributed by atoms with Gasteiger partial charge in [-0.3, -0.25) is 0 Å². The van der Waals surface area contributed by atoms with Crippen LogP contribution in [0, 0.1) is 0 Å². The Morgan fingerprint density at radius 3 is 2.72 bits per heavy atom. The molecule has 0 aliphatic rings. The van der Waals surface area contributed by atoms with Crippen molar-refractivity contribution in [2.75, 3.05) is 12.8 Å². The Bertz CT molecular complexity index is 543. The topological polar surface area (TPSA) is 44.5 Å². The van der Waals surface area contributed by atoms with Crippen molar-refractivity contribution in [1.29, 1.82) is 0 Å². The summed E-state index contributed by atoms with van der Waals surface area (Å²) in [6.07, 6.45) is 0. The van der Waals surface area contributed by atoms with Crippen molar-refractivity contribution in [3.8, 4) is 11.5 Å². The zero-order chi connectivity index (χ0) is 13.0. The molecular formula is C14H14ClNO2. The molecule has 0 atom stereocenters. The largest absolute Gasteiger partial charge is 0.495 e. The highest BCUT2D eigenvalue weighted by Gasteiger charge is 2.02. The second kappa shape index (κ2) is 5.65. The van der Waals surface area contributed by atoms with E-state index in [0.717, 1.165) is 11.3 Å². The summed E-state index contributed by atoms with van der Waals surface area (Å²) in [6.45, 7) is 0.441. The lowest BCUT2D eigenvalue weighted by Gasteiger charge is -2.09. The molecule has 0 saturated heterocycles. The van der Waals surface area contributed by atoms with Crippen LogP contribution in [0.4, 0.5) is 5.69 Å². The van der Waals surface area contributed by atoms with Crippen molar-refractivity contribution in [3.63, 3.8) is 0 Å². The number of methoxy groups -OCH3 is 1. The number of benzene rings is 2. The van der Waals surface area contributed by atoms with E-state index in [-0.39, 0.29) is 0 Å². The van der Waals surface area contributed by atoms with Crippen LogP contribution in [0.15, 0.2) is 42.5 Å². The molecule has 0 saturated carbocycles. The molecule has 0 aromatic heterocycles. The predicted molar refractivity (Wildman–Crippen MR) is 73.2 cm³/mol. The smallest absolute Gasteiger partial charge is 0.142 e. The Morgan fingerprint density at radius 2 is 2.00 bits per heavy atom. The van der Waals surface area contributed by atoms with Crippen LogP contribution < -0.4 is 15.2 Å². The highest BCUT2D eigenvalue weighted by Crippen LogP contribution is 2.23. The highest BCUT2D eigenvalue weighted by atomic mass is 35.5. The van der Waals surface area contributed by atoms with Crippen molar-refractivity contribution < 1.29 is 9.47 Å². The molecule has 2 aromatic rings. The Morgan fingerprint density at radius 1 is 1.17 bits per heavy atom. The van der Waals surface area contributed by atoms with Crippen LogP contribution in [0.2, 0.25) is 5.02 Å². The van der Waals surface area contributed by atoms with E-state index in [1.165, 1.54) is 0 Å². The zero-order valence-electron chi connectivity index (χ0n) is 10.0. The molecular weight excluding hydrogens is 250 g/mol. The minimum absolute atomic E-state index is 0.441. The summed E-state index contributed by atoms with van der Waals surface area (Å²) in [5.41, 5.74) is 7.35. The maximum absolute atomic E-state index is 5.88. The number of ether oxygens (including phenoxy) is 2. The third-order valence-corrected chi connectivity index (χ3v) is 2.73. The van der Waals surface area contributed by atoms with E-state index in [9.17, 15) is 0 Å². The maximum atomic E-state index is 5.88. The van der Waals surface area contributed by atoms with E-state index in [1.54, 1.807) is 25.3 Å². The molecule has 4 heteroatoms. The molecule has 0 bridgehead atoms. The lowest BCUT2D eigenvalue weighted by atomic mass is 10.2. The van der Waals surface area contributed by atoms with Gasteiger partial charge in [-0.25, -0.2) is 0 Å². The van der Waals surface area contributed by atoms with Gasteiger partial charge in [0.25, 0.3) is 0 Å². The van der Waals surface area contributed by atoms with Crippen molar-refractivity contribution in [1.82, 2.24) is 0 Å². The first kappa shape index (κ1) is 12.6. The van der Waals surface area contributed by atoms with Crippen LogP contribution in [-0.2, 0) is 6.61 Å². The molecule has 0 unspecified atom stereocenters. The number of rotatable bonds is 4. The summed E-state index contributed by atoms with van der Waals surface area (Å²) in [7, 11) is 1.59. The average molecular weight is 264 g/mol. The van der Waals surface area contributed by atoms with E-state index in [1.807, 2.05) is 24.3 Å². The minimum Gasteiger partial charge on any atom is -0.495 e. The van der Waals surface area contributed by atoms with Gasteiger partial charge in [0, 0.05) is 5.02 Å². The second-order valence-corrected chi connectivity index (χ2v) is 4.26. The van der Waals surface area contributed by atoms with Gasteiger partial charge in [0.2, 0.25) is 0 Å². The minimum atomic E-state index is 0.441. The molecule has 0 heterocycles. The summed E-state index contributed by atoms with van der Waals surface area (Å²) >= 11 is 5.88. The van der Waals surface area contributed by atoms with Crippen LogP contribution in [0.25, 0.3) is 0 Å². The molecule has 0 radical (unpaired) electrons. The molecule has 2 N–H and O–H groups in total. The third-order valence-electron chi connectivity index (χ3n) is 2.50. The lowest BCUT2D eigenvalue weighted by Crippen LogP contribution is -1.98. The molecule has 94 valence electrons. The molecule has 18 heavy (non-hydrogen) atoms. The Balaban J connectivity index is 2.06. The molecule has 2 aromatic carbocycles. The van der Waals surface area contributed by atoms with Gasteiger partial charge in [-0.15, -0.1) is 0 Å². The number of hydrogen-bond acceptors (Lipinski definition) is 3. The maximum Gasteiger partial charge on any atom is 0.142 e. The Labute approximate surface area is 111 Å². The van der Waals surface area contributed by atoms with E-state index < -0.39 is 0 Å². The molecule has 0 fully saturated rings. The summed E-state index contributed by atoms with van der Waals surface area (Å²) < 4.78 is 10.8. The van der Waals surface area contributed by atoms with Crippen LogP contribution >= 0.6 is 11.6 Å². The standard InChI is InChI=1S/C14H14ClNO2/c1-17-14-7-10(5-6-13(14)16)9-18-12-4-2-3-11(15)8-12/h2-8H,9,16H2,1H3. The zero-order valence-corrected chi connectivity index (χ0v) is 10.8. The molecule has 0 amide bonds. The second-order valence-electron chi connectivity index (χ2n) is 3.82. The SMILES string of the molecule is COc1cc(COc2cccc(Cl)c2)ccc1N. The normalized spacial score (nSPS) is 10.1. The number of nitrogen functional groups attached to an aromatic ring is 1. The number of halogens is 1. The van der Waals surface area contributed by atoms with Crippen LogP contribution in [0.1, 0.15) is 5.56 Å². The quantitative estimate of drug-likeness (QED) is 0.859. The van der Waals surface area contributed by atoms with Crippen molar-refractivity contribution >= 4 is 17.3 Å². The lowest BCUT2D eigenvalue weighted by molar-refractivity contribution is 0.305. The number of nitrogens with two attached hydrogens (primary N) is 1. The van der Waals surface area contributed by atoms with E-state index in [0.29, 0.717) is 23.1 Å². The van der Waals surface area contributed by atoms with Crippen molar-refractivity contribution in [2.24, 2.45) is 0 Å². The molecule has 2 rings (SSSR count). The van der Waals surface area contributed by atoms with Gasteiger partial charge in [0.1, 0.15) is 18.1 Å². The fraction of sp³-hybridized carbons (Fsp3) is 0.143. The first-order valence-corrected chi connectivity index (χ1v) is 5.87. The van der Waals surface area contributed by atoms with E-state index in [2.05, 4.69) is 0 Å². The van der Waals surface area contributed by atoms with Crippen LogP contribution in [-0.4, -0.2) is 7.11 Å². The van der Waals surface area contributed by atoms with Crippen LogP contribution in [0.3, 0.4) is 0 Å². The van der Waals surface area contributed by atoms with Crippen molar-refractivity contribution in [3.05, 3.63) is 53.1 Å². The number of hydrogen-bond donors (Lipinski definition) is 1. The predicted octanol–water partition coefficient (Wildman–Crippen LogP) is 3.51. The first-order chi connectivity index (χ1) is 8.69. The van der Waals surface area contributed by atoms with E-state index >= 15 is 0 Å². The van der Waals surface area contributed by atoms with Gasteiger partial charge >= 0.3 is 0 Å². The Hall–Kier alpha value is -1.87. The summed E-state index contributed by atoms with van der Waals surface area (Å²) in [5, 5.41) is 0.655. The monoisotopic (exact) mass is 263 g/mol. The van der Waals surface area contributed by atoms with Gasteiger partial charge in [-0.05, 0) is 35.9 Å². The summed E-state index contributed by atoms with van der Waals surface area (Å²) in [4.78, 5) is 0. The Kier molecular flexibility index (Phi) is 3.95. The fourth-order valence-corrected chi connectivity index (χ4v) is 1.75. The first-order valence-electron chi connectivity index (χ1n) is 5.50. The fourth-order valence-electron chi connectivity index (χ4n) is 1.57. The molecule has 0 aliphatic heterocycles. The summed E-state index contributed by atoms with van der Waals surface area (Å²) in [5.74, 6) is 1.39. The van der Waals surface area contributed by atoms with E-state index in [4.69, 9.17) is 26.8 Å². The molecule has 0 spiro atoms. The highest BCUT2D eigenvalue weighted by molar-refractivity contribution is 6.30. The van der Waals surface area contributed by atoms with Gasteiger partial charge in [0.05, 0.1) is 12.8 Å². The number of anilines is 1. The van der Waals surface area contributed by atoms with Gasteiger partial charge < -0.3 is 15.2 Å². The van der Waals surface area contributed by atoms with Crippen molar-refractivity contribution in [2.45, 2.75) is 6.61 Å². The molecule has 0 aliphatic carbocycles.